The maximum Gasteiger partial charge on any atom is 0.280 e. The van der Waals surface area contributed by atoms with E-state index in [1.54, 1.807) is 6.20 Å². The van der Waals surface area contributed by atoms with Crippen LogP contribution in [0.25, 0.3) is 11.2 Å². The van der Waals surface area contributed by atoms with E-state index in [4.69, 9.17) is 5.73 Å². The molecular formula is C8H9Br2N5O. The van der Waals surface area contributed by atoms with Gasteiger partial charge in [0, 0.05) is 11.8 Å². The molecule has 2 heterocycles. The van der Waals surface area contributed by atoms with Crippen LogP contribution in [0, 0.1) is 0 Å². The second kappa shape index (κ2) is 5.35. The first-order valence-corrected chi connectivity index (χ1v) is 5.40. The maximum atomic E-state index is 11.5. The number of halogens is 2. The van der Waals surface area contributed by atoms with Crippen molar-refractivity contribution in [3.8, 4) is 0 Å². The molecule has 2 aromatic heterocycles. The molecule has 3 N–H and O–H groups in total. The van der Waals surface area contributed by atoms with Crippen molar-refractivity contribution in [3.05, 3.63) is 22.2 Å². The Morgan fingerprint density at radius 2 is 2.19 bits per heavy atom. The second-order valence-corrected chi connectivity index (χ2v) is 3.72. The summed E-state index contributed by atoms with van der Waals surface area (Å²) in [5.41, 5.74) is 6.26. The zero-order chi connectivity index (χ0) is 10.8. The van der Waals surface area contributed by atoms with E-state index in [2.05, 4.69) is 35.9 Å². The van der Waals surface area contributed by atoms with E-state index in [1.807, 2.05) is 0 Å². The molecule has 0 saturated heterocycles. The van der Waals surface area contributed by atoms with E-state index in [-0.39, 0.29) is 39.7 Å². The molecule has 2 aromatic rings. The number of hydrogen-bond donors (Lipinski definition) is 2. The van der Waals surface area contributed by atoms with Crippen LogP contribution in [0.3, 0.4) is 0 Å². The Hall–Kier alpha value is -1.02. The zero-order valence-electron chi connectivity index (χ0n) is 8.11. The van der Waals surface area contributed by atoms with E-state index < -0.39 is 0 Å². The average Bonchev–Trinajstić information content (AvgIpc) is 2.19. The van der Waals surface area contributed by atoms with Crippen molar-refractivity contribution in [1.82, 2.24) is 19.9 Å². The summed E-state index contributed by atoms with van der Waals surface area (Å²) in [5, 5.41) is 0.771. The summed E-state index contributed by atoms with van der Waals surface area (Å²) in [6.45, 7) is 0. The summed E-state index contributed by atoms with van der Waals surface area (Å²) in [6, 6.07) is 0. The third kappa shape index (κ3) is 2.56. The lowest BCUT2D eigenvalue weighted by atomic mass is 10.3. The van der Waals surface area contributed by atoms with Crippen molar-refractivity contribution in [3.63, 3.8) is 0 Å². The standard InChI is InChI=1S/C8H8BrN5O.BrH/c9-2-1-4-3-11-6-5(12-4)7(15)14-8(10)13-6;/h3H,1-2H2,(H3,10,11,13,14,15);1H. The van der Waals surface area contributed by atoms with Crippen LogP contribution in [0.15, 0.2) is 11.0 Å². The Kier molecular flexibility index (Phi) is 4.36. The number of hydrogen-bond acceptors (Lipinski definition) is 5. The fraction of sp³-hybridized carbons (Fsp3) is 0.250. The van der Waals surface area contributed by atoms with Crippen LogP contribution < -0.4 is 11.3 Å². The van der Waals surface area contributed by atoms with Crippen LogP contribution >= 0.6 is 32.9 Å². The number of aromatic amines is 1. The minimum absolute atomic E-state index is 0. The number of aryl methyl sites for hydroxylation is 1. The molecule has 86 valence electrons. The van der Waals surface area contributed by atoms with E-state index in [0.29, 0.717) is 6.42 Å². The quantitative estimate of drug-likeness (QED) is 0.781. The van der Waals surface area contributed by atoms with Gasteiger partial charge < -0.3 is 5.73 Å². The number of anilines is 1. The minimum Gasteiger partial charge on any atom is -0.369 e. The fourth-order valence-electron chi connectivity index (χ4n) is 1.19. The summed E-state index contributed by atoms with van der Waals surface area (Å²) < 4.78 is 0. The summed E-state index contributed by atoms with van der Waals surface area (Å²) in [4.78, 5) is 25.9. The molecule has 0 saturated carbocycles. The highest BCUT2D eigenvalue weighted by Gasteiger charge is 2.05. The van der Waals surface area contributed by atoms with Crippen molar-refractivity contribution in [2.45, 2.75) is 6.42 Å². The van der Waals surface area contributed by atoms with Gasteiger partial charge in [-0.3, -0.25) is 9.78 Å². The van der Waals surface area contributed by atoms with Gasteiger partial charge in [0.2, 0.25) is 5.95 Å². The number of H-pyrrole nitrogens is 1. The highest BCUT2D eigenvalue weighted by molar-refractivity contribution is 9.09. The normalized spacial score (nSPS) is 10.1. The van der Waals surface area contributed by atoms with Gasteiger partial charge in [-0.05, 0) is 0 Å². The first kappa shape index (κ1) is 13.0. The van der Waals surface area contributed by atoms with E-state index in [0.717, 1.165) is 11.0 Å². The molecule has 0 spiro atoms. The Morgan fingerprint density at radius 1 is 1.44 bits per heavy atom. The summed E-state index contributed by atoms with van der Waals surface area (Å²) in [7, 11) is 0. The number of nitrogens with zero attached hydrogens (tertiary/aromatic N) is 3. The predicted molar refractivity (Wildman–Crippen MR) is 70.2 cm³/mol. The van der Waals surface area contributed by atoms with Gasteiger partial charge in [-0.2, -0.15) is 4.98 Å². The van der Waals surface area contributed by atoms with E-state index >= 15 is 0 Å². The lowest BCUT2D eigenvalue weighted by molar-refractivity contribution is 1.02. The lowest BCUT2D eigenvalue weighted by Crippen LogP contribution is -2.14. The summed E-state index contributed by atoms with van der Waals surface area (Å²) in [6.07, 6.45) is 2.31. The van der Waals surface area contributed by atoms with Gasteiger partial charge in [0.15, 0.2) is 11.2 Å². The maximum absolute atomic E-state index is 11.5. The van der Waals surface area contributed by atoms with Gasteiger partial charge in [-0.15, -0.1) is 17.0 Å². The lowest BCUT2D eigenvalue weighted by Gasteiger charge is -1.99. The summed E-state index contributed by atoms with van der Waals surface area (Å²) in [5.74, 6) is 0.0510. The van der Waals surface area contributed by atoms with Crippen molar-refractivity contribution in [2.24, 2.45) is 0 Å². The van der Waals surface area contributed by atoms with Crippen LogP contribution in [0.4, 0.5) is 5.95 Å². The fourth-order valence-corrected chi connectivity index (χ4v) is 1.59. The molecule has 0 fully saturated rings. The van der Waals surface area contributed by atoms with Crippen LogP contribution in [-0.4, -0.2) is 25.3 Å². The Bertz CT molecular complexity index is 556. The number of nitrogens with two attached hydrogens (primary N) is 1. The number of aromatic nitrogens is 4. The smallest absolute Gasteiger partial charge is 0.280 e. The SMILES string of the molecule is Br.Nc1nc2ncc(CCBr)nc2c(=O)[nH]1. The van der Waals surface area contributed by atoms with Crippen LogP contribution in [0.2, 0.25) is 0 Å². The Labute approximate surface area is 110 Å². The second-order valence-electron chi connectivity index (χ2n) is 2.92. The molecule has 0 radical (unpaired) electrons. The zero-order valence-corrected chi connectivity index (χ0v) is 11.4. The van der Waals surface area contributed by atoms with Gasteiger partial charge in [0.25, 0.3) is 5.56 Å². The molecule has 8 heteroatoms. The molecule has 6 nitrogen and oxygen atoms in total. The molecule has 0 aliphatic rings. The molecule has 0 amide bonds. The van der Waals surface area contributed by atoms with Gasteiger partial charge in [0.05, 0.1) is 11.9 Å². The van der Waals surface area contributed by atoms with Gasteiger partial charge >= 0.3 is 0 Å². The third-order valence-electron chi connectivity index (χ3n) is 1.84. The molecule has 0 unspecified atom stereocenters. The van der Waals surface area contributed by atoms with Crippen LogP contribution in [-0.2, 0) is 6.42 Å². The molecular weight excluding hydrogens is 342 g/mol. The highest BCUT2D eigenvalue weighted by Crippen LogP contribution is 2.04. The number of nitrogen functional groups attached to an aromatic ring is 1. The topological polar surface area (TPSA) is 97.5 Å². The monoisotopic (exact) mass is 349 g/mol. The number of alkyl halides is 1. The molecule has 0 aliphatic carbocycles. The van der Waals surface area contributed by atoms with Crippen molar-refractivity contribution in [1.29, 1.82) is 0 Å². The number of rotatable bonds is 2. The Morgan fingerprint density at radius 3 is 2.88 bits per heavy atom. The van der Waals surface area contributed by atoms with Crippen molar-refractivity contribution < 1.29 is 0 Å². The predicted octanol–water partition coefficient (Wildman–Crippen LogP) is 0.811. The average molecular weight is 351 g/mol. The number of nitrogens with one attached hydrogen (secondary N) is 1. The van der Waals surface area contributed by atoms with E-state index in [9.17, 15) is 4.79 Å². The van der Waals surface area contributed by atoms with Gasteiger partial charge in [-0.1, -0.05) is 15.9 Å². The van der Waals surface area contributed by atoms with Gasteiger partial charge in [-0.25, -0.2) is 9.97 Å². The van der Waals surface area contributed by atoms with Crippen molar-refractivity contribution >= 4 is 50.0 Å². The highest BCUT2D eigenvalue weighted by atomic mass is 79.9. The van der Waals surface area contributed by atoms with Gasteiger partial charge in [0.1, 0.15) is 0 Å². The van der Waals surface area contributed by atoms with Crippen LogP contribution in [0.5, 0.6) is 0 Å². The number of fused-ring (bicyclic) bond motifs is 1. The molecule has 0 aliphatic heterocycles. The third-order valence-corrected chi connectivity index (χ3v) is 2.23. The molecule has 0 aromatic carbocycles. The first-order chi connectivity index (χ1) is 7.20. The molecule has 2 rings (SSSR count). The van der Waals surface area contributed by atoms with Crippen LogP contribution in [0.1, 0.15) is 5.69 Å². The van der Waals surface area contributed by atoms with Crippen molar-refractivity contribution in [2.75, 3.05) is 11.1 Å². The minimum atomic E-state index is -0.360. The molecule has 0 atom stereocenters. The first-order valence-electron chi connectivity index (χ1n) is 4.28. The summed E-state index contributed by atoms with van der Waals surface area (Å²) >= 11 is 3.29. The Balaban J connectivity index is 0.00000128. The molecule has 0 bridgehead atoms. The largest absolute Gasteiger partial charge is 0.369 e. The van der Waals surface area contributed by atoms with E-state index in [1.165, 1.54) is 0 Å². The molecule has 16 heavy (non-hydrogen) atoms.